The van der Waals surface area contributed by atoms with Gasteiger partial charge in [-0.25, -0.2) is 9.79 Å². The summed E-state index contributed by atoms with van der Waals surface area (Å²) in [5.74, 6) is 0.531. The minimum atomic E-state index is -0.472. The van der Waals surface area contributed by atoms with Crippen molar-refractivity contribution in [2.45, 2.75) is 32.5 Å². The van der Waals surface area contributed by atoms with Gasteiger partial charge in [0.1, 0.15) is 0 Å². The van der Waals surface area contributed by atoms with Crippen LogP contribution < -0.4 is 5.32 Å². The maximum absolute atomic E-state index is 12.5. The van der Waals surface area contributed by atoms with E-state index < -0.39 is 12.2 Å². The van der Waals surface area contributed by atoms with Gasteiger partial charge in [0.25, 0.3) is 5.91 Å². The lowest BCUT2D eigenvalue weighted by atomic mass is 10.1. The highest BCUT2D eigenvalue weighted by molar-refractivity contribution is 6.05. The van der Waals surface area contributed by atoms with Gasteiger partial charge in [0.15, 0.2) is 12.2 Å². The topological polar surface area (TPSA) is 74.7 Å². The van der Waals surface area contributed by atoms with Crippen molar-refractivity contribution in [3.05, 3.63) is 11.4 Å². The fourth-order valence-electron chi connectivity index (χ4n) is 4.32. The molecule has 4 heterocycles. The number of hydrogen-bond donors (Lipinski definition) is 1. The van der Waals surface area contributed by atoms with Crippen molar-refractivity contribution in [1.29, 1.82) is 0 Å². The summed E-state index contributed by atoms with van der Waals surface area (Å²) in [6, 6.07) is -0.855. The van der Waals surface area contributed by atoms with E-state index in [1.807, 2.05) is 11.8 Å². The molecular weight excluding hydrogens is 346 g/mol. The molecule has 0 bridgehead atoms. The minimum absolute atomic E-state index is 0.270. The Morgan fingerprint density at radius 2 is 1.74 bits per heavy atom. The number of nitrogens with one attached hydrogen (secondary N) is 1. The second-order valence-corrected chi connectivity index (χ2v) is 7.88. The third kappa shape index (κ3) is 2.98. The van der Waals surface area contributed by atoms with E-state index in [0.29, 0.717) is 0 Å². The van der Waals surface area contributed by atoms with Gasteiger partial charge in [-0.15, -0.1) is 0 Å². The lowest BCUT2D eigenvalue weighted by molar-refractivity contribution is -0.126. The van der Waals surface area contributed by atoms with Crippen molar-refractivity contribution in [3.63, 3.8) is 0 Å². The molecule has 2 saturated heterocycles. The van der Waals surface area contributed by atoms with Gasteiger partial charge < -0.3 is 19.6 Å². The molecule has 4 aliphatic rings. The molecular formula is C18H29N7O2. The largest absolute Gasteiger partial charge is 0.325 e. The maximum atomic E-state index is 12.5. The summed E-state index contributed by atoms with van der Waals surface area (Å²) in [5, 5.41) is 2.43. The second-order valence-electron chi connectivity index (χ2n) is 7.88. The van der Waals surface area contributed by atoms with E-state index >= 15 is 0 Å². The number of guanidine groups is 1. The number of aliphatic imine (C=N–C) groups is 1. The Balaban J connectivity index is 1.45. The van der Waals surface area contributed by atoms with Gasteiger partial charge in [-0.2, -0.15) is 0 Å². The summed E-state index contributed by atoms with van der Waals surface area (Å²) in [4.78, 5) is 39.7. The zero-order valence-corrected chi connectivity index (χ0v) is 16.6. The van der Waals surface area contributed by atoms with Gasteiger partial charge in [0.05, 0.1) is 0 Å². The molecule has 9 nitrogen and oxygen atoms in total. The molecule has 2 fully saturated rings. The van der Waals surface area contributed by atoms with Crippen molar-refractivity contribution < 1.29 is 9.59 Å². The van der Waals surface area contributed by atoms with Gasteiger partial charge in [0, 0.05) is 51.2 Å². The molecule has 0 aromatic carbocycles. The third-order valence-corrected chi connectivity index (χ3v) is 6.22. The molecule has 2 atom stereocenters. The zero-order valence-electron chi connectivity index (χ0n) is 16.6. The molecule has 0 saturated carbocycles. The fourth-order valence-corrected chi connectivity index (χ4v) is 4.32. The van der Waals surface area contributed by atoms with E-state index in [0.717, 1.165) is 63.0 Å². The van der Waals surface area contributed by atoms with Crippen molar-refractivity contribution in [2.75, 3.05) is 53.4 Å². The van der Waals surface area contributed by atoms with Crippen molar-refractivity contribution in [3.8, 4) is 0 Å². The molecule has 4 aliphatic heterocycles. The zero-order chi connectivity index (χ0) is 19.3. The van der Waals surface area contributed by atoms with Crippen LogP contribution in [-0.2, 0) is 4.79 Å². The first-order valence-electron chi connectivity index (χ1n) is 9.69. The molecule has 148 valence electrons. The molecule has 3 amide bonds. The Morgan fingerprint density at radius 1 is 1.04 bits per heavy atom. The summed E-state index contributed by atoms with van der Waals surface area (Å²) in [7, 11) is 3.86. The summed E-state index contributed by atoms with van der Waals surface area (Å²) in [6.45, 7) is 10.5. The third-order valence-electron chi connectivity index (χ3n) is 6.22. The SMILES string of the molecule is CC1=C(C)N2C(=NC3C2C(=O)NC(=O)N3C)N1CCCN1CCN(C)CC1. The first-order chi connectivity index (χ1) is 12.9. The number of piperazine rings is 1. The Bertz CT molecular complexity index is 710. The molecule has 0 aromatic rings. The van der Waals surface area contributed by atoms with Gasteiger partial charge >= 0.3 is 6.03 Å². The summed E-state index contributed by atoms with van der Waals surface area (Å²) >= 11 is 0. The number of allylic oxidation sites excluding steroid dienone is 2. The molecule has 2 unspecified atom stereocenters. The first kappa shape index (κ1) is 18.2. The van der Waals surface area contributed by atoms with Crippen LogP contribution in [0.3, 0.4) is 0 Å². The first-order valence-corrected chi connectivity index (χ1v) is 9.69. The molecule has 0 aromatic heterocycles. The average Bonchev–Trinajstić information content (AvgIpc) is 3.13. The Hall–Kier alpha value is -2.13. The van der Waals surface area contributed by atoms with Crippen LogP contribution in [-0.4, -0.2) is 108 Å². The summed E-state index contributed by atoms with van der Waals surface area (Å²) in [5.41, 5.74) is 2.18. The normalized spacial score (nSPS) is 29.3. The molecule has 0 radical (unpaired) electrons. The van der Waals surface area contributed by atoms with Crippen molar-refractivity contribution in [1.82, 2.24) is 29.8 Å². The monoisotopic (exact) mass is 375 g/mol. The van der Waals surface area contributed by atoms with E-state index in [-0.39, 0.29) is 11.9 Å². The summed E-state index contributed by atoms with van der Waals surface area (Å²) in [6.07, 6.45) is 0.585. The minimum Gasteiger partial charge on any atom is -0.314 e. The van der Waals surface area contributed by atoms with Crippen LogP contribution in [0.25, 0.3) is 0 Å². The molecule has 4 rings (SSSR count). The molecule has 0 aliphatic carbocycles. The number of imide groups is 1. The standard InChI is InChI=1S/C18H29N7O2/c1-12-13(2)25-14-15(22(4)18(27)20-16(14)26)19-17(25)24(12)7-5-6-23-10-8-21(3)9-11-23/h14-15H,5-11H2,1-4H3,(H,20,26,27). The lowest BCUT2D eigenvalue weighted by Crippen LogP contribution is -2.63. The highest BCUT2D eigenvalue weighted by Crippen LogP contribution is 2.36. The van der Waals surface area contributed by atoms with Crippen LogP contribution in [0.4, 0.5) is 4.79 Å². The van der Waals surface area contributed by atoms with Crippen LogP contribution in [0, 0.1) is 0 Å². The van der Waals surface area contributed by atoms with E-state index in [4.69, 9.17) is 4.99 Å². The average molecular weight is 375 g/mol. The number of fused-ring (bicyclic) bond motifs is 3. The lowest BCUT2D eigenvalue weighted by Gasteiger charge is -2.35. The van der Waals surface area contributed by atoms with Crippen LogP contribution >= 0.6 is 0 Å². The van der Waals surface area contributed by atoms with E-state index in [2.05, 4.69) is 34.0 Å². The Labute approximate surface area is 160 Å². The number of rotatable bonds is 4. The van der Waals surface area contributed by atoms with Crippen LogP contribution in [0.1, 0.15) is 20.3 Å². The van der Waals surface area contributed by atoms with Crippen LogP contribution in [0.5, 0.6) is 0 Å². The van der Waals surface area contributed by atoms with Gasteiger partial charge in [0.2, 0.25) is 5.96 Å². The maximum Gasteiger partial charge on any atom is 0.325 e. The van der Waals surface area contributed by atoms with Crippen molar-refractivity contribution >= 4 is 17.9 Å². The fraction of sp³-hybridized carbons (Fsp3) is 0.722. The number of hydrogen-bond acceptors (Lipinski definition) is 7. The van der Waals surface area contributed by atoms with E-state index in [1.54, 1.807) is 7.05 Å². The number of nitrogens with zero attached hydrogens (tertiary/aromatic N) is 6. The van der Waals surface area contributed by atoms with Crippen LogP contribution in [0.2, 0.25) is 0 Å². The molecule has 0 spiro atoms. The predicted molar refractivity (Wildman–Crippen MR) is 102 cm³/mol. The molecule has 1 N–H and O–H groups in total. The highest BCUT2D eigenvalue weighted by atomic mass is 16.2. The predicted octanol–water partition coefficient (Wildman–Crippen LogP) is -0.261. The number of carbonyl (C=O) groups excluding carboxylic acids is 2. The highest BCUT2D eigenvalue weighted by Gasteiger charge is 2.52. The molecule has 27 heavy (non-hydrogen) atoms. The number of carbonyl (C=O) groups is 2. The second kappa shape index (κ2) is 6.79. The van der Waals surface area contributed by atoms with E-state index in [1.165, 1.54) is 4.90 Å². The smallest absolute Gasteiger partial charge is 0.314 e. The Kier molecular flexibility index (Phi) is 4.59. The van der Waals surface area contributed by atoms with Crippen LogP contribution in [0.15, 0.2) is 16.4 Å². The molecule has 9 heteroatoms. The van der Waals surface area contributed by atoms with Gasteiger partial charge in [-0.3, -0.25) is 15.0 Å². The Morgan fingerprint density at radius 3 is 2.44 bits per heavy atom. The number of likely N-dealkylation sites (N-methyl/N-ethyl adjacent to an activating group) is 2. The van der Waals surface area contributed by atoms with Gasteiger partial charge in [-0.1, -0.05) is 0 Å². The quantitative estimate of drug-likeness (QED) is 0.730. The van der Waals surface area contributed by atoms with Crippen molar-refractivity contribution in [2.24, 2.45) is 4.99 Å². The number of amides is 3. The summed E-state index contributed by atoms with van der Waals surface area (Å²) < 4.78 is 0. The number of urea groups is 1. The van der Waals surface area contributed by atoms with E-state index in [9.17, 15) is 9.59 Å². The van der Waals surface area contributed by atoms with Gasteiger partial charge in [-0.05, 0) is 33.9 Å².